The molecule has 0 unspecified atom stereocenters. The van der Waals surface area contributed by atoms with Crippen LogP contribution in [0.25, 0.3) is 11.5 Å². The first-order valence-electron chi connectivity index (χ1n) is 7.64. The highest BCUT2D eigenvalue weighted by atomic mass is 16.5. The van der Waals surface area contributed by atoms with Crippen molar-refractivity contribution in [2.75, 3.05) is 6.54 Å². The first-order chi connectivity index (χ1) is 11.4. The Balaban J connectivity index is 1.51. The van der Waals surface area contributed by atoms with E-state index >= 15 is 0 Å². The SMILES string of the molecule is c1ccc([C@@H]2CCCN2Cc2nc(-c3cnccn3)no2)nc1. The van der Waals surface area contributed by atoms with Crippen LogP contribution in [0, 0.1) is 0 Å². The highest BCUT2D eigenvalue weighted by Gasteiger charge is 2.28. The molecule has 1 saturated heterocycles. The van der Waals surface area contributed by atoms with Crippen LogP contribution < -0.4 is 0 Å². The van der Waals surface area contributed by atoms with Crippen LogP contribution >= 0.6 is 0 Å². The van der Waals surface area contributed by atoms with Crippen molar-refractivity contribution in [1.29, 1.82) is 0 Å². The second-order valence-corrected chi connectivity index (χ2v) is 5.49. The highest BCUT2D eigenvalue weighted by Crippen LogP contribution is 2.31. The fourth-order valence-corrected chi connectivity index (χ4v) is 2.93. The van der Waals surface area contributed by atoms with Gasteiger partial charge in [0.05, 0.1) is 24.5 Å². The Morgan fingerprint density at radius 1 is 1.17 bits per heavy atom. The van der Waals surface area contributed by atoms with Crippen molar-refractivity contribution in [3.63, 3.8) is 0 Å². The molecule has 116 valence electrons. The number of nitrogens with zero attached hydrogens (tertiary/aromatic N) is 6. The van der Waals surface area contributed by atoms with E-state index < -0.39 is 0 Å². The molecule has 0 aliphatic carbocycles. The van der Waals surface area contributed by atoms with E-state index in [0.717, 1.165) is 25.1 Å². The van der Waals surface area contributed by atoms with Crippen LogP contribution in [-0.2, 0) is 6.54 Å². The quantitative estimate of drug-likeness (QED) is 0.731. The van der Waals surface area contributed by atoms with E-state index in [2.05, 4.69) is 36.1 Å². The number of likely N-dealkylation sites (tertiary alicyclic amines) is 1. The molecule has 7 nitrogen and oxygen atoms in total. The summed E-state index contributed by atoms with van der Waals surface area (Å²) in [6.07, 6.45) is 8.94. The van der Waals surface area contributed by atoms with Crippen LogP contribution in [0.4, 0.5) is 0 Å². The molecule has 1 aliphatic heterocycles. The minimum absolute atomic E-state index is 0.308. The van der Waals surface area contributed by atoms with Gasteiger partial charge in [-0.3, -0.25) is 14.9 Å². The average Bonchev–Trinajstić information content (AvgIpc) is 3.26. The lowest BCUT2D eigenvalue weighted by Gasteiger charge is -2.21. The fourth-order valence-electron chi connectivity index (χ4n) is 2.93. The van der Waals surface area contributed by atoms with Crippen LogP contribution in [0.2, 0.25) is 0 Å². The van der Waals surface area contributed by atoms with Crippen LogP contribution in [0.5, 0.6) is 0 Å². The van der Waals surface area contributed by atoms with Crippen LogP contribution in [-0.4, -0.2) is 36.5 Å². The maximum absolute atomic E-state index is 5.37. The van der Waals surface area contributed by atoms with Crippen molar-refractivity contribution in [2.45, 2.75) is 25.4 Å². The molecule has 3 aromatic heterocycles. The van der Waals surface area contributed by atoms with Gasteiger partial charge in [-0.2, -0.15) is 4.98 Å². The summed E-state index contributed by atoms with van der Waals surface area (Å²) in [5, 5.41) is 4.00. The van der Waals surface area contributed by atoms with Crippen molar-refractivity contribution in [1.82, 2.24) is 30.0 Å². The Bertz CT molecular complexity index is 761. The van der Waals surface area contributed by atoms with E-state index in [-0.39, 0.29) is 0 Å². The molecular formula is C16H16N6O. The van der Waals surface area contributed by atoms with Gasteiger partial charge in [-0.25, -0.2) is 4.98 Å². The normalized spacial score (nSPS) is 18.3. The second-order valence-electron chi connectivity index (χ2n) is 5.49. The van der Waals surface area contributed by atoms with Crippen LogP contribution in [0.1, 0.15) is 30.5 Å². The third-order valence-electron chi connectivity index (χ3n) is 3.99. The van der Waals surface area contributed by atoms with Gasteiger partial charge in [0.25, 0.3) is 0 Å². The molecule has 4 rings (SSSR count). The van der Waals surface area contributed by atoms with Crippen LogP contribution in [0.15, 0.2) is 47.5 Å². The standard InChI is InChI=1S/C16H16N6O/c1-2-6-18-12(4-1)14-5-3-9-22(14)11-15-20-16(21-23-15)13-10-17-7-8-19-13/h1-2,4,6-8,10,14H,3,5,9,11H2/t14-/m0/s1. The van der Waals surface area contributed by atoms with Gasteiger partial charge in [0.1, 0.15) is 5.69 Å². The largest absolute Gasteiger partial charge is 0.337 e. The summed E-state index contributed by atoms with van der Waals surface area (Å²) in [4.78, 5) is 19.4. The molecule has 3 aromatic rings. The first-order valence-corrected chi connectivity index (χ1v) is 7.64. The number of hydrogen-bond acceptors (Lipinski definition) is 7. The minimum Gasteiger partial charge on any atom is -0.337 e. The van der Waals surface area contributed by atoms with E-state index in [1.165, 1.54) is 0 Å². The Morgan fingerprint density at radius 3 is 3.00 bits per heavy atom. The summed E-state index contributed by atoms with van der Waals surface area (Å²) in [6, 6.07) is 6.34. The molecule has 1 fully saturated rings. The van der Waals surface area contributed by atoms with Gasteiger partial charge in [-0.05, 0) is 31.5 Å². The number of aromatic nitrogens is 5. The molecule has 0 radical (unpaired) electrons. The Labute approximate surface area is 133 Å². The van der Waals surface area contributed by atoms with Crippen molar-refractivity contribution >= 4 is 0 Å². The van der Waals surface area contributed by atoms with Crippen molar-refractivity contribution in [2.24, 2.45) is 0 Å². The predicted molar refractivity (Wildman–Crippen MR) is 81.9 cm³/mol. The van der Waals surface area contributed by atoms with Crippen LogP contribution in [0.3, 0.4) is 0 Å². The van der Waals surface area contributed by atoms with Gasteiger partial charge < -0.3 is 4.52 Å². The molecule has 0 saturated carbocycles. The van der Waals surface area contributed by atoms with E-state index in [1.54, 1.807) is 18.6 Å². The maximum Gasteiger partial charge on any atom is 0.241 e. The molecule has 0 spiro atoms. The monoisotopic (exact) mass is 308 g/mol. The van der Waals surface area contributed by atoms with Crippen molar-refractivity contribution in [3.8, 4) is 11.5 Å². The van der Waals surface area contributed by atoms with Gasteiger partial charge in [0, 0.05) is 18.6 Å². The second kappa shape index (κ2) is 6.21. The number of pyridine rings is 1. The summed E-state index contributed by atoms with van der Waals surface area (Å²) in [5.41, 5.74) is 1.71. The minimum atomic E-state index is 0.308. The van der Waals surface area contributed by atoms with E-state index in [1.807, 2.05) is 18.3 Å². The van der Waals surface area contributed by atoms with Gasteiger partial charge in [-0.1, -0.05) is 11.2 Å². The molecule has 4 heterocycles. The molecule has 0 N–H and O–H groups in total. The highest BCUT2D eigenvalue weighted by molar-refractivity contribution is 5.45. The lowest BCUT2D eigenvalue weighted by atomic mass is 10.1. The van der Waals surface area contributed by atoms with Gasteiger partial charge >= 0.3 is 0 Å². The lowest BCUT2D eigenvalue weighted by molar-refractivity contribution is 0.209. The number of rotatable bonds is 4. The summed E-state index contributed by atoms with van der Waals surface area (Å²) >= 11 is 0. The molecule has 0 bridgehead atoms. The third-order valence-corrected chi connectivity index (χ3v) is 3.99. The fraction of sp³-hybridized carbons (Fsp3) is 0.312. The summed E-state index contributed by atoms with van der Waals surface area (Å²) < 4.78 is 5.37. The smallest absolute Gasteiger partial charge is 0.241 e. The zero-order valence-electron chi connectivity index (χ0n) is 12.5. The van der Waals surface area contributed by atoms with E-state index in [4.69, 9.17) is 4.52 Å². The van der Waals surface area contributed by atoms with Gasteiger partial charge in [0.15, 0.2) is 0 Å². The molecular weight excluding hydrogens is 292 g/mol. The lowest BCUT2D eigenvalue weighted by Crippen LogP contribution is -2.23. The number of hydrogen-bond donors (Lipinski definition) is 0. The summed E-state index contributed by atoms with van der Waals surface area (Å²) in [5.74, 6) is 1.06. The third kappa shape index (κ3) is 2.95. The topological polar surface area (TPSA) is 80.8 Å². The average molecular weight is 308 g/mol. The maximum atomic E-state index is 5.37. The molecule has 0 amide bonds. The van der Waals surface area contributed by atoms with E-state index in [9.17, 15) is 0 Å². The van der Waals surface area contributed by atoms with Crippen molar-refractivity contribution in [3.05, 3.63) is 54.6 Å². The first kappa shape index (κ1) is 14.0. The van der Waals surface area contributed by atoms with Gasteiger partial charge in [0.2, 0.25) is 11.7 Å². The predicted octanol–water partition coefficient (Wildman–Crippen LogP) is 2.26. The Kier molecular flexibility index (Phi) is 3.77. The zero-order valence-corrected chi connectivity index (χ0v) is 12.5. The molecule has 23 heavy (non-hydrogen) atoms. The van der Waals surface area contributed by atoms with Crippen molar-refractivity contribution < 1.29 is 4.52 Å². The Hall–Kier alpha value is -2.67. The van der Waals surface area contributed by atoms with Gasteiger partial charge in [-0.15, -0.1) is 0 Å². The molecule has 0 aromatic carbocycles. The summed E-state index contributed by atoms with van der Waals surface area (Å²) in [6.45, 7) is 1.62. The summed E-state index contributed by atoms with van der Waals surface area (Å²) in [7, 11) is 0. The van der Waals surface area contributed by atoms with E-state index in [0.29, 0.717) is 30.0 Å². The molecule has 1 atom stereocenters. The zero-order chi connectivity index (χ0) is 15.5. The molecule has 7 heteroatoms. The molecule has 1 aliphatic rings. The Morgan fingerprint density at radius 2 is 2.17 bits per heavy atom.